The number of nitrogens with one attached hydrogen (secondary N) is 4. The van der Waals surface area contributed by atoms with E-state index in [9.17, 15) is 14.7 Å². The van der Waals surface area contributed by atoms with Gasteiger partial charge in [-0.1, -0.05) is 70.2 Å². The van der Waals surface area contributed by atoms with Crippen molar-refractivity contribution in [1.29, 1.82) is 0 Å². The minimum Gasteiger partial charge on any atom is -0.469 e. The molecule has 0 radical (unpaired) electrons. The van der Waals surface area contributed by atoms with Crippen LogP contribution in [0.5, 0.6) is 5.75 Å². The smallest absolute Gasteiger partial charge is 0.252 e. The molecule has 4 aliphatic heterocycles. The molecule has 1 spiro atoms. The minimum atomic E-state index is -1.61. The van der Waals surface area contributed by atoms with Gasteiger partial charge in [0.25, 0.3) is 5.91 Å². The minimum absolute atomic E-state index is 0.168. The first-order valence-electron chi connectivity index (χ1n) is 18.3. The summed E-state index contributed by atoms with van der Waals surface area (Å²) in [6, 6.07) is 16.6. The number of aliphatic hydroxyl groups is 1. The molecule has 0 aliphatic carbocycles. The van der Waals surface area contributed by atoms with Crippen molar-refractivity contribution in [3.8, 4) is 39.8 Å². The number of rotatable bonds is 5. The maximum absolute atomic E-state index is 14.3. The Morgan fingerprint density at radius 3 is 2.66 bits per heavy atom. The molecule has 3 aromatic carbocycles. The summed E-state index contributed by atoms with van der Waals surface area (Å²) in [5.41, 5.74) is 5.00. The van der Waals surface area contributed by atoms with Gasteiger partial charge in [0.1, 0.15) is 28.8 Å². The van der Waals surface area contributed by atoms with Crippen molar-refractivity contribution in [3.63, 3.8) is 0 Å². The van der Waals surface area contributed by atoms with Gasteiger partial charge >= 0.3 is 0 Å². The zero-order chi connectivity index (χ0) is 36.4. The van der Waals surface area contributed by atoms with Gasteiger partial charge in [0.05, 0.1) is 6.20 Å². The second-order valence-corrected chi connectivity index (χ2v) is 14.9. The normalized spacial score (nSPS) is 22.0. The van der Waals surface area contributed by atoms with Crippen molar-refractivity contribution in [2.75, 3.05) is 5.32 Å². The van der Waals surface area contributed by atoms with E-state index in [2.05, 4.69) is 45.2 Å². The Morgan fingerprint density at radius 2 is 1.85 bits per heavy atom. The van der Waals surface area contributed by atoms with Gasteiger partial charge < -0.3 is 39.6 Å². The van der Waals surface area contributed by atoms with Crippen LogP contribution < -0.4 is 20.7 Å². The largest absolute Gasteiger partial charge is 0.469 e. The second-order valence-electron chi connectivity index (χ2n) is 14.9. The van der Waals surface area contributed by atoms with Crippen molar-refractivity contribution in [2.45, 2.75) is 76.3 Å². The van der Waals surface area contributed by atoms with Crippen LogP contribution >= 0.6 is 0 Å². The SMILES string of the molecule is CCC(O)(CC)C(=O)N[C@H]1Cc2ccc3c(c2)C24c5cccc(c5NC2O3)-c2cccc3[nH]cc(c23)-c2cnc(o2)-c2nc(oc24)[C@H](C(C)C)NC1=O. The maximum Gasteiger partial charge on any atom is 0.252 e. The molecule has 10 rings (SSSR count). The number of fused-ring (bicyclic) bond motifs is 7. The Bertz CT molecular complexity index is 2510. The highest BCUT2D eigenvalue weighted by Crippen LogP contribution is 2.61. The van der Waals surface area contributed by atoms with Crippen LogP contribution in [0, 0.1) is 5.92 Å². The number of H-pyrrole nitrogens is 1. The summed E-state index contributed by atoms with van der Waals surface area (Å²) in [4.78, 5) is 41.1. The molecule has 0 saturated carbocycles. The molecule has 7 heterocycles. The lowest BCUT2D eigenvalue weighted by Crippen LogP contribution is -2.55. The number of aromatic amines is 1. The van der Waals surface area contributed by atoms with Gasteiger partial charge in [-0.05, 0) is 42.0 Å². The van der Waals surface area contributed by atoms with Crippen LogP contribution in [-0.2, 0) is 21.4 Å². The molecule has 4 aliphatic rings. The number of para-hydroxylation sites is 1. The van der Waals surface area contributed by atoms with E-state index in [1.807, 2.05) is 50.4 Å². The summed E-state index contributed by atoms with van der Waals surface area (Å²) in [7, 11) is 0. The van der Waals surface area contributed by atoms with Crippen LogP contribution in [0.3, 0.4) is 0 Å². The quantitative estimate of drug-likeness (QED) is 0.137. The Kier molecular flexibility index (Phi) is 6.64. The second kappa shape index (κ2) is 11.1. The monoisotopic (exact) mass is 710 g/mol. The van der Waals surface area contributed by atoms with Gasteiger partial charge in [-0.25, -0.2) is 9.97 Å². The predicted octanol–water partition coefficient (Wildman–Crippen LogP) is 6.34. The average molecular weight is 711 g/mol. The Morgan fingerprint density at radius 1 is 1.04 bits per heavy atom. The summed E-state index contributed by atoms with van der Waals surface area (Å²) in [6.45, 7) is 7.45. The van der Waals surface area contributed by atoms with Gasteiger partial charge in [-0.15, -0.1) is 0 Å². The number of oxazole rings is 2. The van der Waals surface area contributed by atoms with E-state index in [0.29, 0.717) is 23.0 Å². The van der Waals surface area contributed by atoms with Gasteiger partial charge in [0.2, 0.25) is 17.7 Å². The van der Waals surface area contributed by atoms with Crippen molar-refractivity contribution in [2.24, 2.45) is 5.92 Å². The molecular formula is C41H38N6O6. The zero-order valence-electron chi connectivity index (χ0n) is 29.7. The maximum atomic E-state index is 14.3. The number of amides is 2. The number of benzene rings is 3. The molecule has 268 valence electrons. The summed E-state index contributed by atoms with van der Waals surface area (Å²) >= 11 is 0. The van der Waals surface area contributed by atoms with Crippen molar-refractivity contribution >= 4 is 28.4 Å². The first kappa shape index (κ1) is 31.8. The van der Waals surface area contributed by atoms with Crippen molar-refractivity contribution in [1.82, 2.24) is 25.6 Å². The van der Waals surface area contributed by atoms with Crippen LogP contribution in [0.1, 0.15) is 74.9 Å². The number of nitrogens with zero attached hydrogens (tertiary/aromatic N) is 2. The van der Waals surface area contributed by atoms with E-state index in [1.165, 1.54) is 0 Å². The number of aromatic nitrogens is 3. The van der Waals surface area contributed by atoms with Crippen LogP contribution in [0.25, 0.3) is 44.9 Å². The third kappa shape index (κ3) is 4.26. The lowest BCUT2D eigenvalue weighted by atomic mass is 9.72. The number of carbonyl (C=O) groups excluding carboxylic acids is 2. The van der Waals surface area contributed by atoms with Crippen molar-refractivity contribution in [3.05, 3.63) is 95.3 Å². The zero-order valence-corrected chi connectivity index (χ0v) is 29.7. The standard InChI is InChI=1S/C41H38N6O6/c1-5-40(50,6-2)38(49)44-27-16-20-13-14-28-25(15-20)41-24-11-7-10-22(32(24)47-39(41)52-28)21-9-8-12-26-30(21)23(17-42-26)29-18-43-36(51-29)33-34(41)53-37(46-33)31(19(3)4)45-35(27)48/h7-15,17-19,27,31,39,42,47,50H,5-6,16H2,1-4H3,(H,44,49)(H,45,48)/t27-,31-,39?,41?/m0/s1. The summed E-state index contributed by atoms with van der Waals surface area (Å²) < 4.78 is 20.4. The molecule has 53 heavy (non-hydrogen) atoms. The molecule has 2 unspecified atom stereocenters. The number of ether oxygens (including phenoxy) is 1. The molecular weight excluding hydrogens is 672 g/mol. The molecule has 6 aromatic rings. The van der Waals surface area contributed by atoms with Gasteiger partial charge in [-0.3, -0.25) is 9.59 Å². The van der Waals surface area contributed by atoms with Crippen LogP contribution in [0.2, 0.25) is 0 Å². The highest BCUT2D eigenvalue weighted by molar-refractivity contribution is 6.07. The average Bonchev–Trinajstić information content (AvgIpc) is 3.99. The molecule has 10 bridgehead atoms. The van der Waals surface area contributed by atoms with Gasteiger partial charge in [0, 0.05) is 51.5 Å². The number of carbonyl (C=O) groups is 2. The van der Waals surface area contributed by atoms with Crippen LogP contribution in [0.15, 0.2) is 75.8 Å². The number of anilines is 1. The summed E-state index contributed by atoms with van der Waals surface area (Å²) in [5, 5.41) is 21.9. The number of hydrogen-bond acceptors (Lipinski definition) is 9. The third-order valence-electron chi connectivity index (χ3n) is 11.7. The van der Waals surface area contributed by atoms with E-state index in [0.717, 1.165) is 50.0 Å². The highest BCUT2D eigenvalue weighted by atomic mass is 16.5. The summed E-state index contributed by atoms with van der Waals surface area (Å²) in [5.74, 6) is 1.06. The molecule has 2 amide bonds. The fraction of sp³-hybridized carbons (Fsp3) is 0.317. The third-order valence-corrected chi connectivity index (χ3v) is 11.7. The molecule has 4 atom stereocenters. The molecule has 0 fully saturated rings. The topological polar surface area (TPSA) is 168 Å². The van der Waals surface area contributed by atoms with E-state index < -0.39 is 41.1 Å². The Labute approximate surface area is 304 Å². The fourth-order valence-electron chi connectivity index (χ4n) is 8.72. The Balaban J connectivity index is 1.27. The van der Waals surface area contributed by atoms with Gasteiger partial charge in [0.15, 0.2) is 23.4 Å². The molecule has 3 aromatic heterocycles. The van der Waals surface area contributed by atoms with E-state index >= 15 is 0 Å². The first-order valence-corrected chi connectivity index (χ1v) is 18.3. The fourth-order valence-corrected chi connectivity index (χ4v) is 8.72. The van der Waals surface area contributed by atoms with E-state index in [-0.39, 0.29) is 37.0 Å². The molecule has 5 N–H and O–H groups in total. The molecule has 12 heteroatoms. The lowest BCUT2D eigenvalue weighted by Gasteiger charge is -2.30. The van der Waals surface area contributed by atoms with E-state index in [1.54, 1.807) is 20.0 Å². The van der Waals surface area contributed by atoms with Crippen LogP contribution in [0.4, 0.5) is 5.69 Å². The Hall–Kier alpha value is -5.88. The summed E-state index contributed by atoms with van der Waals surface area (Å²) in [6.07, 6.45) is 3.58. The molecule has 0 saturated heterocycles. The van der Waals surface area contributed by atoms with Crippen LogP contribution in [-0.4, -0.2) is 49.7 Å². The highest BCUT2D eigenvalue weighted by Gasteiger charge is 2.61. The predicted molar refractivity (Wildman–Crippen MR) is 196 cm³/mol. The van der Waals surface area contributed by atoms with E-state index in [4.69, 9.17) is 23.5 Å². The number of hydrogen-bond donors (Lipinski definition) is 5. The van der Waals surface area contributed by atoms with Crippen molar-refractivity contribution < 1.29 is 28.3 Å². The first-order chi connectivity index (χ1) is 25.6. The van der Waals surface area contributed by atoms with Gasteiger partial charge in [-0.2, -0.15) is 0 Å². The molecule has 12 nitrogen and oxygen atoms in total. The lowest BCUT2D eigenvalue weighted by molar-refractivity contribution is -0.143.